The van der Waals surface area contributed by atoms with Crippen LogP contribution in [0.25, 0.3) is 11.6 Å². The van der Waals surface area contributed by atoms with Crippen LogP contribution in [0.1, 0.15) is 31.2 Å². The van der Waals surface area contributed by atoms with E-state index in [1.165, 1.54) is 38.2 Å². The van der Waals surface area contributed by atoms with Crippen molar-refractivity contribution in [2.75, 3.05) is 0 Å². The van der Waals surface area contributed by atoms with Crippen LogP contribution in [0.2, 0.25) is 0 Å². The monoisotopic (exact) mass is 325 g/mol. The molecule has 0 saturated carbocycles. The highest BCUT2D eigenvalue weighted by Crippen LogP contribution is 2.30. The van der Waals surface area contributed by atoms with E-state index in [4.69, 9.17) is 4.42 Å². The minimum absolute atomic E-state index is 0.0197. The van der Waals surface area contributed by atoms with Crippen molar-refractivity contribution < 1.29 is 22.7 Å². The first-order valence-electron chi connectivity index (χ1n) is 6.82. The summed E-state index contributed by atoms with van der Waals surface area (Å²) in [4.78, 5) is 4.04. The number of rotatable bonds is 5. The molecule has 0 unspecified atom stereocenters. The van der Waals surface area contributed by atoms with Crippen molar-refractivity contribution in [3.05, 3.63) is 65.6 Å². The number of aliphatic hydroxyl groups excluding tert-OH is 1. The van der Waals surface area contributed by atoms with Crippen molar-refractivity contribution in [1.29, 1.82) is 0 Å². The van der Waals surface area contributed by atoms with Crippen LogP contribution >= 0.6 is 0 Å². The first kappa shape index (κ1) is 18.5. The largest absolute Gasteiger partial charge is 0.507 e. The number of oxazole rings is 1. The normalized spacial score (nSPS) is 14.6. The first-order valence-corrected chi connectivity index (χ1v) is 6.82. The van der Waals surface area contributed by atoms with E-state index < -0.39 is 11.7 Å². The second-order valence-electron chi connectivity index (χ2n) is 4.55. The van der Waals surface area contributed by atoms with Crippen LogP contribution in [0, 0.1) is 6.92 Å². The third-order valence-electron chi connectivity index (χ3n) is 2.86. The van der Waals surface area contributed by atoms with E-state index in [2.05, 4.69) is 11.6 Å². The Hall–Kier alpha value is -2.50. The lowest BCUT2D eigenvalue weighted by atomic mass is 10.1. The van der Waals surface area contributed by atoms with Gasteiger partial charge in [0.25, 0.3) is 0 Å². The minimum Gasteiger partial charge on any atom is -0.507 e. The van der Waals surface area contributed by atoms with Gasteiger partial charge in [-0.15, -0.1) is 0 Å². The van der Waals surface area contributed by atoms with Crippen molar-refractivity contribution in [2.45, 2.75) is 26.9 Å². The van der Waals surface area contributed by atoms with E-state index in [1.807, 2.05) is 0 Å². The van der Waals surface area contributed by atoms with Gasteiger partial charge >= 0.3 is 6.18 Å². The molecule has 1 rings (SSSR count). The Kier molecular flexibility index (Phi) is 6.18. The van der Waals surface area contributed by atoms with Crippen LogP contribution in [0.5, 0.6) is 0 Å². The molecule has 0 aliphatic carbocycles. The Morgan fingerprint density at radius 3 is 2.43 bits per heavy atom. The lowest BCUT2D eigenvalue weighted by Gasteiger charge is -2.06. The fourth-order valence-corrected chi connectivity index (χ4v) is 1.75. The number of hydrogen-bond donors (Lipinski definition) is 1. The number of alkyl halides is 3. The van der Waals surface area contributed by atoms with Gasteiger partial charge in [0.1, 0.15) is 17.2 Å². The molecule has 1 heterocycles. The topological polar surface area (TPSA) is 46.3 Å². The minimum atomic E-state index is -4.50. The van der Waals surface area contributed by atoms with E-state index in [1.54, 1.807) is 6.92 Å². The first-order chi connectivity index (χ1) is 10.7. The van der Waals surface area contributed by atoms with Crippen molar-refractivity contribution in [3.8, 4) is 0 Å². The molecular weight excluding hydrogens is 307 g/mol. The summed E-state index contributed by atoms with van der Waals surface area (Å²) in [6.45, 7) is 8.13. The highest BCUT2D eigenvalue weighted by Gasteiger charge is 2.32. The van der Waals surface area contributed by atoms with Crippen molar-refractivity contribution in [2.24, 2.45) is 0 Å². The Bertz CT molecular complexity index is 689. The molecule has 6 heteroatoms. The number of hydrogen-bond acceptors (Lipinski definition) is 3. The quantitative estimate of drug-likeness (QED) is 0.571. The predicted molar refractivity (Wildman–Crippen MR) is 84.6 cm³/mol. The van der Waals surface area contributed by atoms with Crippen LogP contribution in [-0.4, -0.2) is 16.3 Å². The van der Waals surface area contributed by atoms with Crippen molar-refractivity contribution >= 4 is 11.6 Å². The van der Waals surface area contributed by atoms with Crippen LogP contribution in [-0.2, 0) is 0 Å². The lowest BCUT2D eigenvalue weighted by molar-refractivity contribution is -0.0873. The van der Waals surface area contributed by atoms with E-state index in [0.29, 0.717) is 0 Å². The number of aromatic nitrogens is 1. The van der Waals surface area contributed by atoms with E-state index >= 15 is 0 Å². The maximum Gasteiger partial charge on any atom is 0.416 e. The second kappa shape index (κ2) is 7.67. The molecule has 0 bridgehead atoms. The molecule has 1 N–H and O–H groups in total. The molecule has 0 radical (unpaired) electrons. The summed E-state index contributed by atoms with van der Waals surface area (Å²) in [5.41, 5.74) is -0.554. The summed E-state index contributed by atoms with van der Waals surface area (Å²) >= 11 is 0. The summed E-state index contributed by atoms with van der Waals surface area (Å²) in [6, 6.07) is 0. The Morgan fingerprint density at radius 2 is 1.96 bits per heavy atom. The fraction of sp³-hybridized carbons (Fsp3) is 0.235. The van der Waals surface area contributed by atoms with Crippen molar-refractivity contribution in [3.63, 3.8) is 0 Å². The van der Waals surface area contributed by atoms with Gasteiger partial charge in [-0.2, -0.15) is 13.2 Å². The molecule has 3 nitrogen and oxygen atoms in total. The van der Waals surface area contributed by atoms with Crippen molar-refractivity contribution in [1.82, 2.24) is 4.98 Å². The van der Waals surface area contributed by atoms with E-state index in [-0.39, 0.29) is 28.7 Å². The maximum atomic E-state index is 12.9. The molecule has 1 aromatic rings. The molecule has 0 fully saturated rings. The fourth-order valence-electron chi connectivity index (χ4n) is 1.75. The summed E-state index contributed by atoms with van der Waals surface area (Å²) < 4.78 is 44.2. The molecule has 0 aromatic carbocycles. The zero-order chi connectivity index (χ0) is 17.6. The van der Waals surface area contributed by atoms with Gasteiger partial charge in [-0.3, -0.25) is 0 Å². The molecule has 0 aliphatic heterocycles. The number of allylic oxidation sites excluding steroid dienone is 7. The molecule has 0 spiro atoms. The summed E-state index contributed by atoms with van der Waals surface area (Å²) in [7, 11) is 0. The number of aliphatic hydroxyl groups is 1. The molecular formula is C17H18F3NO2. The highest BCUT2D eigenvalue weighted by molar-refractivity contribution is 5.74. The summed E-state index contributed by atoms with van der Waals surface area (Å²) in [5.74, 6) is 0.127. The lowest BCUT2D eigenvalue weighted by Crippen LogP contribution is -2.09. The summed E-state index contributed by atoms with van der Waals surface area (Å²) in [5, 5.41) is 9.84. The van der Waals surface area contributed by atoms with Gasteiger partial charge in [0.2, 0.25) is 5.89 Å². The molecule has 0 amide bonds. The van der Waals surface area contributed by atoms with Crippen LogP contribution < -0.4 is 0 Å². The molecule has 124 valence electrons. The van der Waals surface area contributed by atoms with Gasteiger partial charge in [-0.1, -0.05) is 24.8 Å². The van der Waals surface area contributed by atoms with Crippen LogP contribution in [0.4, 0.5) is 13.2 Å². The van der Waals surface area contributed by atoms with Gasteiger partial charge in [-0.25, -0.2) is 4.98 Å². The van der Waals surface area contributed by atoms with E-state index in [9.17, 15) is 18.3 Å². The third-order valence-corrected chi connectivity index (χ3v) is 2.86. The van der Waals surface area contributed by atoms with Gasteiger partial charge in [-0.05, 0) is 39.0 Å². The molecule has 0 atom stereocenters. The predicted octanol–water partition coefficient (Wildman–Crippen LogP) is 5.54. The van der Waals surface area contributed by atoms with Crippen LogP contribution in [0.3, 0.4) is 0 Å². The SMILES string of the molecule is C=C/C=C(\C(O)=C/C)c1nc(/C=C(\C=CC)C(F)(F)F)c(C)o1. The zero-order valence-electron chi connectivity index (χ0n) is 13.1. The number of halogens is 3. The number of nitrogens with zero attached hydrogens (tertiary/aromatic N) is 1. The second-order valence-corrected chi connectivity index (χ2v) is 4.55. The van der Waals surface area contributed by atoms with Gasteiger partial charge in [0, 0.05) is 0 Å². The Morgan fingerprint density at radius 1 is 1.30 bits per heavy atom. The average molecular weight is 325 g/mol. The highest BCUT2D eigenvalue weighted by atomic mass is 19.4. The average Bonchev–Trinajstić information content (AvgIpc) is 2.83. The van der Waals surface area contributed by atoms with Gasteiger partial charge in [0.15, 0.2) is 0 Å². The maximum absolute atomic E-state index is 12.9. The van der Waals surface area contributed by atoms with E-state index in [0.717, 1.165) is 12.2 Å². The van der Waals surface area contributed by atoms with Crippen LogP contribution in [0.15, 0.2) is 52.7 Å². The number of aryl methyl sites for hydroxylation is 1. The molecule has 0 saturated heterocycles. The molecule has 23 heavy (non-hydrogen) atoms. The molecule has 1 aromatic heterocycles. The standard InChI is InChI=1S/C17H18F3NO2/c1-5-8-12(17(18,19)20)10-14-11(4)23-16(21-14)13(9-6-2)15(22)7-3/h5-10,22H,2H2,1,3-4H3/b8-5?,12-10+,13-9+,15-7+. The van der Waals surface area contributed by atoms with Gasteiger partial charge < -0.3 is 9.52 Å². The smallest absolute Gasteiger partial charge is 0.416 e. The zero-order valence-corrected chi connectivity index (χ0v) is 13.1. The molecule has 0 aliphatic rings. The van der Waals surface area contributed by atoms with Gasteiger partial charge in [0.05, 0.1) is 11.1 Å². The summed E-state index contributed by atoms with van der Waals surface area (Å²) in [6.07, 6.45) is 2.97. The Balaban J connectivity index is 3.41. The Labute approximate surface area is 132 Å². The third kappa shape index (κ3) is 4.74.